The molecular formula is C21H17N3O5. The van der Waals surface area contributed by atoms with Gasteiger partial charge in [-0.1, -0.05) is 61.2 Å². The van der Waals surface area contributed by atoms with E-state index in [-0.39, 0.29) is 11.4 Å². The number of nitrogens with two attached hydrogens (primary N) is 1. The van der Waals surface area contributed by atoms with Crippen LogP contribution in [0, 0.1) is 20.2 Å². The van der Waals surface area contributed by atoms with E-state index in [0.717, 1.165) is 23.3 Å². The van der Waals surface area contributed by atoms with Crippen LogP contribution in [0.15, 0.2) is 85.5 Å². The number of carbonyl (C=O) groups is 1. The lowest BCUT2D eigenvalue weighted by Crippen LogP contribution is -2.04. The molecule has 0 unspecified atom stereocenters. The maximum absolute atomic E-state index is 11.4. The van der Waals surface area contributed by atoms with Crippen LogP contribution in [0.5, 0.6) is 0 Å². The zero-order valence-electron chi connectivity index (χ0n) is 15.2. The van der Waals surface area contributed by atoms with E-state index in [1.54, 1.807) is 12.1 Å². The third kappa shape index (κ3) is 5.33. The molecule has 146 valence electrons. The van der Waals surface area contributed by atoms with Crippen molar-refractivity contribution in [2.24, 2.45) is 5.73 Å². The molecule has 3 aromatic carbocycles. The van der Waals surface area contributed by atoms with E-state index in [1.165, 1.54) is 12.1 Å². The molecule has 8 heteroatoms. The van der Waals surface area contributed by atoms with Crippen LogP contribution >= 0.6 is 0 Å². The van der Waals surface area contributed by atoms with Crippen LogP contribution in [0.3, 0.4) is 0 Å². The summed E-state index contributed by atoms with van der Waals surface area (Å²) in [4.78, 5) is 30.5. The van der Waals surface area contributed by atoms with E-state index in [4.69, 9.17) is 0 Å². The molecule has 0 saturated heterocycles. The molecule has 0 aliphatic rings. The number of hydrogen-bond acceptors (Lipinski definition) is 5. The minimum absolute atomic E-state index is 0.285. The maximum Gasteiger partial charge on any atom is 0.284 e. The Kier molecular flexibility index (Phi) is 6.92. The molecule has 0 spiro atoms. The Morgan fingerprint density at radius 1 is 0.828 bits per heavy atom. The van der Waals surface area contributed by atoms with Crippen LogP contribution in [0.25, 0.3) is 22.3 Å². The summed E-state index contributed by atoms with van der Waals surface area (Å²) in [5.41, 5.74) is 6.70. The second kappa shape index (κ2) is 9.56. The van der Waals surface area contributed by atoms with Crippen LogP contribution in [-0.4, -0.2) is 15.8 Å². The van der Waals surface area contributed by atoms with E-state index >= 15 is 0 Å². The summed E-state index contributed by atoms with van der Waals surface area (Å²) >= 11 is 0. The van der Waals surface area contributed by atoms with E-state index < -0.39 is 15.8 Å². The predicted octanol–water partition coefficient (Wildman–Crippen LogP) is 4.49. The third-order valence-electron chi connectivity index (χ3n) is 3.89. The second-order valence-corrected chi connectivity index (χ2v) is 5.73. The average molecular weight is 391 g/mol. The molecule has 0 aliphatic heterocycles. The number of hydrogen-bond donors (Lipinski definition) is 1. The molecule has 1 amide bonds. The summed E-state index contributed by atoms with van der Waals surface area (Å²) in [5.74, 6) is -0.481. The Hall–Kier alpha value is -4.33. The number of nitrogens with zero attached hydrogens (tertiary/aromatic N) is 2. The molecule has 0 atom stereocenters. The standard InChI is InChI=1S/C18H12N2O4.C3H5NO/c21-19(22)14-10-11-17(18(12-14)20(23)24)16-9-5-4-8-15(16)13-6-2-1-3-7-13;1-2-3(4)5/h1-12H;2H,1H2,(H2,4,5). The largest absolute Gasteiger partial charge is 0.366 e. The number of non-ortho nitro benzene ring substituents is 1. The van der Waals surface area contributed by atoms with Gasteiger partial charge >= 0.3 is 0 Å². The first-order valence-electron chi connectivity index (χ1n) is 8.34. The molecule has 0 aliphatic carbocycles. The first kappa shape index (κ1) is 21.0. The van der Waals surface area contributed by atoms with E-state index in [2.05, 4.69) is 12.3 Å². The highest BCUT2D eigenvalue weighted by atomic mass is 16.6. The summed E-state index contributed by atoms with van der Waals surface area (Å²) < 4.78 is 0. The van der Waals surface area contributed by atoms with Gasteiger partial charge in [-0.2, -0.15) is 0 Å². The first-order chi connectivity index (χ1) is 13.8. The summed E-state index contributed by atoms with van der Waals surface area (Å²) in [7, 11) is 0. The van der Waals surface area contributed by atoms with Crippen molar-refractivity contribution in [2.45, 2.75) is 0 Å². The Morgan fingerprint density at radius 2 is 1.38 bits per heavy atom. The summed E-state index contributed by atoms with van der Waals surface area (Å²) in [6.07, 6.45) is 1.06. The van der Waals surface area contributed by atoms with Gasteiger partial charge in [-0.3, -0.25) is 25.0 Å². The normalized spacial score (nSPS) is 9.66. The first-order valence-corrected chi connectivity index (χ1v) is 8.34. The Labute approximate surface area is 166 Å². The van der Waals surface area contributed by atoms with Gasteiger partial charge in [-0.15, -0.1) is 0 Å². The van der Waals surface area contributed by atoms with Crippen LogP contribution in [0.4, 0.5) is 11.4 Å². The van der Waals surface area contributed by atoms with Gasteiger partial charge in [-0.05, 0) is 28.8 Å². The second-order valence-electron chi connectivity index (χ2n) is 5.73. The fourth-order valence-electron chi connectivity index (χ4n) is 2.60. The molecule has 0 radical (unpaired) electrons. The van der Waals surface area contributed by atoms with Gasteiger partial charge in [0.1, 0.15) is 0 Å². The lowest BCUT2D eigenvalue weighted by molar-refractivity contribution is -0.393. The predicted molar refractivity (Wildman–Crippen MR) is 110 cm³/mol. The molecule has 2 N–H and O–H groups in total. The molecule has 8 nitrogen and oxygen atoms in total. The van der Waals surface area contributed by atoms with Gasteiger partial charge in [0, 0.05) is 6.07 Å². The van der Waals surface area contributed by atoms with Gasteiger partial charge in [0.05, 0.1) is 21.5 Å². The number of primary amides is 1. The minimum atomic E-state index is -0.639. The Balaban J connectivity index is 0.000000537. The smallest absolute Gasteiger partial charge is 0.284 e. The number of rotatable bonds is 5. The lowest BCUT2D eigenvalue weighted by Gasteiger charge is -2.10. The van der Waals surface area contributed by atoms with Crippen molar-refractivity contribution in [3.63, 3.8) is 0 Å². The monoisotopic (exact) mass is 391 g/mol. The molecule has 0 saturated carbocycles. The highest BCUT2D eigenvalue weighted by Gasteiger charge is 2.22. The van der Waals surface area contributed by atoms with E-state index in [1.807, 2.05) is 42.5 Å². The van der Waals surface area contributed by atoms with Crippen LogP contribution < -0.4 is 5.73 Å². The van der Waals surface area contributed by atoms with Crippen LogP contribution in [0.2, 0.25) is 0 Å². The maximum atomic E-state index is 11.4. The van der Waals surface area contributed by atoms with Gasteiger partial charge < -0.3 is 5.73 Å². The molecule has 0 aromatic heterocycles. The van der Waals surface area contributed by atoms with E-state index in [0.29, 0.717) is 11.1 Å². The minimum Gasteiger partial charge on any atom is -0.366 e. The van der Waals surface area contributed by atoms with Crippen molar-refractivity contribution in [1.29, 1.82) is 0 Å². The summed E-state index contributed by atoms with van der Waals surface area (Å²) in [5, 5.41) is 22.3. The van der Waals surface area contributed by atoms with Crippen LogP contribution in [-0.2, 0) is 4.79 Å². The number of benzene rings is 3. The zero-order valence-corrected chi connectivity index (χ0v) is 15.2. The fraction of sp³-hybridized carbons (Fsp3) is 0. The Bertz CT molecular complexity index is 1060. The molecule has 3 aromatic rings. The number of amides is 1. The average Bonchev–Trinajstić information content (AvgIpc) is 2.74. The van der Waals surface area contributed by atoms with E-state index in [9.17, 15) is 25.0 Å². The lowest BCUT2D eigenvalue weighted by atomic mass is 9.93. The van der Waals surface area contributed by atoms with Crippen molar-refractivity contribution in [2.75, 3.05) is 0 Å². The topological polar surface area (TPSA) is 129 Å². The van der Waals surface area contributed by atoms with Gasteiger partial charge in [0.15, 0.2) is 0 Å². The highest BCUT2D eigenvalue weighted by Crippen LogP contribution is 2.38. The number of nitro groups is 2. The molecule has 3 rings (SSSR count). The van der Waals surface area contributed by atoms with Crippen LogP contribution in [0.1, 0.15) is 0 Å². The number of carbonyl (C=O) groups excluding carboxylic acids is 1. The fourth-order valence-corrected chi connectivity index (χ4v) is 2.60. The highest BCUT2D eigenvalue weighted by molar-refractivity contribution is 5.88. The van der Waals surface area contributed by atoms with Crippen molar-refractivity contribution in [3.05, 3.63) is 106 Å². The Morgan fingerprint density at radius 3 is 1.90 bits per heavy atom. The van der Waals surface area contributed by atoms with Gasteiger partial charge in [0.2, 0.25) is 5.91 Å². The van der Waals surface area contributed by atoms with Crippen molar-refractivity contribution in [1.82, 2.24) is 0 Å². The van der Waals surface area contributed by atoms with Gasteiger partial charge in [-0.25, -0.2) is 0 Å². The molecular weight excluding hydrogens is 374 g/mol. The van der Waals surface area contributed by atoms with Crippen molar-refractivity contribution >= 4 is 17.3 Å². The van der Waals surface area contributed by atoms with Crippen molar-refractivity contribution < 1.29 is 14.6 Å². The third-order valence-corrected chi connectivity index (χ3v) is 3.89. The van der Waals surface area contributed by atoms with Crippen molar-refractivity contribution in [3.8, 4) is 22.3 Å². The summed E-state index contributed by atoms with van der Waals surface area (Å²) in [6.45, 7) is 3.09. The number of nitro benzene ring substituents is 2. The molecule has 0 heterocycles. The quantitative estimate of drug-likeness (QED) is 0.389. The molecule has 0 bridgehead atoms. The summed E-state index contributed by atoms with van der Waals surface area (Å²) in [6, 6.07) is 20.5. The zero-order chi connectivity index (χ0) is 21.4. The van der Waals surface area contributed by atoms with Gasteiger partial charge in [0.25, 0.3) is 11.4 Å². The SMILES string of the molecule is C=CC(N)=O.O=[N+]([O-])c1ccc(-c2ccccc2-c2ccccc2)c([N+](=O)[O-])c1. The molecule has 29 heavy (non-hydrogen) atoms. The molecule has 0 fully saturated rings.